The molecule has 2 aromatic heterocycles. The van der Waals surface area contributed by atoms with Crippen LogP contribution in [0.5, 0.6) is 0 Å². The molecule has 4 nitrogen and oxygen atoms in total. The normalized spacial score (nSPS) is 15.3. The number of aryl methyl sites for hydroxylation is 3. The minimum atomic E-state index is -3.11. The molecule has 0 bridgehead atoms. The molecule has 0 spiro atoms. The monoisotopic (exact) mass is 635 g/mol. The van der Waals surface area contributed by atoms with Crippen LogP contribution >= 0.6 is 0 Å². The molecule has 0 amide bonds. The summed E-state index contributed by atoms with van der Waals surface area (Å²) in [7, 11) is 0. The Morgan fingerprint density at radius 1 is 1.09 bits per heavy atom. The molecule has 0 aliphatic carbocycles. The van der Waals surface area contributed by atoms with Crippen molar-refractivity contribution in [1.29, 1.82) is 0 Å². The van der Waals surface area contributed by atoms with Crippen molar-refractivity contribution in [2.75, 3.05) is 0 Å². The fraction of sp³-hybridized carbons (Fsp3) is 0.172. The molecular formula is C29H27IrN2O2-. The van der Waals surface area contributed by atoms with Crippen LogP contribution in [-0.2, 0) is 24.9 Å². The average Bonchev–Trinajstić information content (AvgIpc) is 3.31. The van der Waals surface area contributed by atoms with E-state index in [-0.39, 0.29) is 20.1 Å². The maximum absolute atomic E-state index is 10.8. The topological polar surface area (TPSA) is 54.6 Å². The first-order valence-corrected chi connectivity index (χ1v) is 10.3. The molecule has 2 heterocycles. The minimum Gasteiger partial charge on any atom is -0.512 e. The number of carbonyl (C=O) groups is 1. The van der Waals surface area contributed by atoms with Crippen LogP contribution in [0.1, 0.15) is 40.0 Å². The van der Waals surface area contributed by atoms with Gasteiger partial charge in [-0.2, -0.15) is 0 Å². The zero-order valence-corrected chi connectivity index (χ0v) is 21.3. The maximum atomic E-state index is 10.8. The quantitative estimate of drug-likeness (QED) is 0.0979. The Balaban J connectivity index is 0.000000267. The van der Waals surface area contributed by atoms with E-state index in [9.17, 15) is 4.79 Å². The number of hydrogen-bond acceptors (Lipinski definition) is 3. The average molecular weight is 635 g/mol. The molecule has 0 atom stereocenters. The van der Waals surface area contributed by atoms with Crippen molar-refractivity contribution in [3.8, 4) is 11.3 Å². The SMILES string of the molecule is Cc1ccc2c(c1)c1ccc[c-]c1c1ncc(-c3c(C)cccc3C)n21.[2H]/C(C(=O)C([2H])([2H])[2H])=C(/O)C([2H])([2H])[2H].[Ir]. The van der Waals surface area contributed by atoms with Gasteiger partial charge in [-0.3, -0.25) is 9.78 Å². The maximum Gasteiger partial charge on any atom is 0.155 e. The smallest absolute Gasteiger partial charge is 0.155 e. The third-order valence-electron chi connectivity index (χ3n) is 5.49. The summed E-state index contributed by atoms with van der Waals surface area (Å²) >= 11 is 0. The van der Waals surface area contributed by atoms with Gasteiger partial charge >= 0.3 is 0 Å². The first-order valence-electron chi connectivity index (χ1n) is 13.8. The van der Waals surface area contributed by atoms with Crippen molar-refractivity contribution < 1.29 is 39.6 Å². The number of aliphatic hydroxyl groups excluding tert-OH is 1. The molecule has 34 heavy (non-hydrogen) atoms. The van der Waals surface area contributed by atoms with E-state index in [4.69, 9.17) is 19.7 Å². The van der Waals surface area contributed by atoms with Crippen LogP contribution in [0, 0.1) is 26.8 Å². The van der Waals surface area contributed by atoms with Gasteiger partial charge in [0.05, 0.1) is 18.5 Å². The van der Waals surface area contributed by atoms with Crippen LogP contribution in [0.3, 0.4) is 0 Å². The fourth-order valence-electron chi connectivity index (χ4n) is 4.18. The Labute approximate surface area is 223 Å². The standard InChI is InChI=1S/C24H19N2.C5H8O2.Ir/c1-15-11-12-21-20(13-15)18-9-4-5-10-19(18)24-25-14-22(26(21)24)23-16(2)7-6-8-17(23)3;1-4(6)3-5(2)7;/h4-9,11-14H,1-3H3;3,6H,1-2H3;/q-1;;/b;4-3-;/i;1D3,2D3,3D;. The number of aliphatic hydroxyl groups is 1. The van der Waals surface area contributed by atoms with Crippen molar-refractivity contribution in [3.63, 3.8) is 0 Å². The van der Waals surface area contributed by atoms with E-state index in [1.54, 1.807) is 0 Å². The number of fused-ring (bicyclic) bond motifs is 6. The molecule has 175 valence electrons. The van der Waals surface area contributed by atoms with Crippen LogP contribution in [0.25, 0.3) is 38.6 Å². The molecule has 3 aromatic carbocycles. The number of ketones is 1. The Morgan fingerprint density at radius 2 is 1.85 bits per heavy atom. The molecule has 5 heteroatoms. The van der Waals surface area contributed by atoms with Gasteiger partial charge in [-0.05, 0) is 57.1 Å². The fourth-order valence-corrected chi connectivity index (χ4v) is 4.18. The molecule has 0 saturated carbocycles. The number of benzene rings is 3. The van der Waals surface area contributed by atoms with Crippen LogP contribution in [-0.4, -0.2) is 20.3 Å². The largest absolute Gasteiger partial charge is 0.512 e. The van der Waals surface area contributed by atoms with Crippen molar-refractivity contribution in [2.24, 2.45) is 0 Å². The minimum absolute atomic E-state index is 0. The van der Waals surface area contributed by atoms with Gasteiger partial charge in [0, 0.05) is 51.7 Å². The van der Waals surface area contributed by atoms with E-state index in [2.05, 4.69) is 79.8 Å². The van der Waals surface area contributed by atoms with Crippen molar-refractivity contribution in [2.45, 2.75) is 34.5 Å². The number of imidazole rings is 1. The number of carbonyl (C=O) groups excluding carboxylic acids is 1. The molecule has 5 aromatic rings. The third kappa shape index (κ3) is 4.82. The zero-order chi connectivity index (χ0) is 29.6. The van der Waals surface area contributed by atoms with Gasteiger partial charge in [-0.25, -0.2) is 0 Å². The molecule has 0 aliphatic rings. The van der Waals surface area contributed by atoms with E-state index in [0.29, 0.717) is 0 Å². The number of pyridine rings is 1. The Morgan fingerprint density at radius 3 is 2.56 bits per heavy atom. The van der Waals surface area contributed by atoms with E-state index in [1.807, 2.05) is 12.3 Å². The summed E-state index contributed by atoms with van der Waals surface area (Å²) in [5, 5.41) is 12.4. The summed E-state index contributed by atoms with van der Waals surface area (Å²) < 4.78 is 48.9. The van der Waals surface area contributed by atoms with Crippen molar-refractivity contribution >= 4 is 33.1 Å². The van der Waals surface area contributed by atoms with Gasteiger partial charge in [0.25, 0.3) is 0 Å². The zero-order valence-electron chi connectivity index (χ0n) is 25.9. The van der Waals surface area contributed by atoms with E-state index in [1.165, 1.54) is 38.5 Å². The van der Waals surface area contributed by atoms with Gasteiger partial charge in [0.2, 0.25) is 0 Å². The van der Waals surface area contributed by atoms with E-state index in [0.717, 1.165) is 16.7 Å². The molecule has 0 aliphatic heterocycles. The summed E-state index contributed by atoms with van der Waals surface area (Å²) in [6, 6.07) is 21.3. The van der Waals surface area contributed by atoms with Crippen LogP contribution in [0.4, 0.5) is 0 Å². The van der Waals surface area contributed by atoms with Crippen molar-refractivity contribution in [1.82, 2.24) is 9.38 Å². The predicted octanol–water partition coefficient (Wildman–Crippen LogP) is 7.07. The molecule has 0 saturated heterocycles. The Hall–Kier alpha value is -3.27. The summed E-state index contributed by atoms with van der Waals surface area (Å²) in [6.07, 6.45) is 2.00. The second kappa shape index (κ2) is 10.3. The number of hydrogen-bond donors (Lipinski definition) is 1. The molecule has 0 fully saturated rings. The summed E-state index contributed by atoms with van der Waals surface area (Å²) in [5.41, 5.74) is 8.35. The predicted molar refractivity (Wildman–Crippen MR) is 136 cm³/mol. The second-order valence-electron chi connectivity index (χ2n) is 7.85. The first kappa shape index (κ1) is 17.2. The third-order valence-corrected chi connectivity index (χ3v) is 5.49. The number of allylic oxidation sites excluding steroid dienone is 2. The summed E-state index contributed by atoms with van der Waals surface area (Å²) in [6.45, 7) is 0.319. The van der Waals surface area contributed by atoms with E-state index < -0.39 is 31.3 Å². The van der Waals surface area contributed by atoms with Gasteiger partial charge in [-0.1, -0.05) is 41.3 Å². The van der Waals surface area contributed by atoms with Gasteiger partial charge in [0.15, 0.2) is 5.78 Å². The number of nitrogens with zero attached hydrogens (tertiary/aromatic N) is 2. The number of rotatable bonds is 2. The van der Waals surface area contributed by atoms with Crippen LogP contribution in [0.2, 0.25) is 0 Å². The second-order valence-corrected chi connectivity index (χ2v) is 7.85. The Kier molecular flexibility index (Phi) is 5.23. The molecule has 0 unspecified atom stereocenters. The molecule has 5 rings (SSSR count). The Bertz CT molecular complexity index is 1780. The molecule has 1 radical (unpaired) electrons. The van der Waals surface area contributed by atoms with Crippen molar-refractivity contribution in [3.05, 3.63) is 95.4 Å². The molecule has 1 N–H and O–H groups in total. The number of aromatic nitrogens is 2. The van der Waals surface area contributed by atoms with Gasteiger partial charge < -0.3 is 9.51 Å². The van der Waals surface area contributed by atoms with Gasteiger partial charge in [0.1, 0.15) is 0 Å². The first-order chi connectivity index (χ1) is 18.6. The molecular weight excluding hydrogens is 601 g/mol. The van der Waals surface area contributed by atoms with E-state index >= 15 is 0 Å². The summed E-state index contributed by atoms with van der Waals surface area (Å²) in [5.74, 6) is -3.19. The van der Waals surface area contributed by atoms with Gasteiger partial charge in [-0.15, -0.1) is 29.7 Å². The van der Waals surface area contributed by atoms with Crippen LogP contribution < -0.4 is 0 Å². The van der Waals surface area contributed by atoms with Crippen LogP contribution in [0.15, 0.2) is 72.6 Å². The summed E-state index contributed by atoms with van der Waals surface area (Å²) in [4.78, 5) is 15.6.